The summed E-state index contributed by atoms with van der Waals surface area (Å²) in [6, 6.07) is 0. The molecule has 0 heterocycles. The highest BCUT2D eigenvalue weighted by Gasteiger charge is 2.66. The van der Waals surface area contributed by atoms with E-state index in [1.54, 1.807) is 25.7 Å². The van der Waals surface area contributed by atoms with E-state index in [1.807, 2.05) is 0 Å². The van der Waals surface area contributed by atoms with Gasteiger partial charge in [0.25, 0.3) is 0 Å². The van der Waals surface area contributed by atoms with Crippen molar-refractivity contribution in [3.8, 4) is 0 Å². The second-order valence-corrected chi connectivity index (χ2v) is 5.82. The Labute approximate surface area is 74.7 Å². The molecule has 66 valence electrons. The fraction of sp³-hybridized carbons (Fsp3) is 1.00. The molecule has 0 heteroatoms. The molecule has 4 atom stereocenters. The zero-order valence-corrected chi connectivity index (χ0v) is 7.87. The van der Waals surface area contributed by atoms with Gasteiger partial charge >= 0.3 is 0 Å². The van der Waals surface area contributed by atoms with Crippen LogP contribution in [0.1, 0.15) is 32.6 Å². The molecule has 4 rings (SSSR count). The molecule has 2 bridgehead atoms. The molecule has 0 aromatic rings. The molecule has 0 spiro atoms. The van der Waals surface area contributed by atoms with Crippen molar-refractivity contribution in [2.45, 2.75) is 32.6 Å². The molecule has 4 fully saturated rings. The average molecular weight is 162 g/mol. The predicted octanol–water partition coefficient (Wildman–Crippen LogP) is 2.93. The van der Waals surface area contributed by atoms with Gasteiger partial charge in [0.1, 0.15) is 0 Å². The second kappa shape index (κ2) is 1.76. The Hall–Kier alpha value is 0. The predicted molar refractivity (Wildman–Crippen MR) is 48.6 cm³/mol. The van der Waals surface area contributed by atoms with Gasteiger partial charge in [-0.25, -0.2) is 0 Å². The van der Waals surface area contributed by atoms with E-state index >= 15 is 0 Å². The maximum absolute atomic E-state index is 2.56. The molecule has 0 aromatic heterocycles. The van der Waals surface area contributed by atoms with E-state index in [9.17, 15) is 0 Å². The number of rotatable bonds is 0. The third-order valence-corrected chi connectivity index (χ3v) is 5.96. The van der Waals surface area contributed by atoms with Crippen LogP contribution in [-0.2, 0) is 0 Å². The van der Waals surface area contributed by atoms with E-state index in [4.69, 9.17) is 0 Å². The van der Waals surface area contributed by atoms with Gasteiger partial charge in [0, 0.05) is 0 Å². The molecule has 0 amide bonds. The van der Waals surface area contributed by atoms with E-state index < -0.39 is 0 Å². The Kier molecular flexibility index (Phi) is 0.946. The van der Waals surface area contributed by atoms with Crippen molar-refractivity contribution in [3.63, 3.8) is 0 Å². The molecule has 4 unspecified atom stereocenters. The summed E-state index contributed by atoms with van der Waals surface area (Å²) in [7, 11) is 0. The van der Waals surface area contributed by atoms with Gasteiger partial charge in [-0.3, -0.25) is 0 Å². The first kappa shape index (κ1) is 6.45. The lowest BCUT2D eigenvalue weighted by molar-refractivity contribution is -0.0293. The molecular formula is C12H18. The van der Waals surface area contributed by atoms with Gasteiger partial charge in [0.15, 0.2) is 0 Å². The highest BCUT2D eigenvalue weighted by Crippen LogP contribution is 2.72. The van der Waals surface area contributed by atoms with Crippen molar-refractivity contribution in [2.75, 3.05) is 0 Å². The van der Waals surface area contributed by atoms with Crippen molar-refractivity contribution >= 4 is 0 Å². The summed E-state index contributed by atoms with van der Waals surface area (Å²) < 4.78 is 0. The summed E-state index contributed by atoms with van der Waals surface area (Å²) in [4.78, 5) is 0. The van der Waals surface area contributed by atoms with E-state index in [1.165, 1.54) is 35.5 Å². The highest BCUT2D eigenvalue weighted by atomic mass is 14.7. The zero-order valence-electron chi connectivity index (χ0n) is 7.87. The topological polar surface area (TPSA) is 0 Å². The number of fused-ring (bicyclic) bond motifs is 8. The lowest BCUT2D eigenvalue weighted by atomic mass is 9.53. The van der Waals surface area contributed by atoms with Crippen molar-refractivity contribution in [2.24, 2.45) is 41.4 Å². The van der Waals surface area contributed by atoms with Crippen LogP contribution in [-0.4, -0.2) is 0 Å². The minimum atomic E-state index is 1.12. The molecule has 12 heavy (non-hydrogen) atoms. The van der Waals surface area contributed by atoms with Crippen LogP contribution in [0.4, 0.5) is 0 Å². The maximum Gasteiger partial charge on any atom is -0.0323 e. The van der Waals surface area contributed by atoms with Crippen LogP contribution in [0.3, 0.4) is 0 Å². The Morgan fingerprint density at radius 1 is 0.667 bits per heavy atom. The Morgan fingerprint density at radius 3 is 1.25 bits per heavy atom. The van der Waals surface area contributed by atoms with Crippen LogP contribution in [0.2, 0.25) is 0 Å². The number of hydrogen-bond donors (Lipinski definition) is 0. The van der Waals surface area contributed by atoms with Gasteiger partial charge in [0.05, 0.1) is 0 Å². The molecule has 4 saturated carbocycles. The first-order valence-corrected chi connectivity index (χ1v) is 5.88. The molecule has 0 saturated heterocycles. The molecule has 0 radical (unpaired) electrons. The summed E-state index contributed by atoms with van der Waals surface area (Å²) in [5, 5.41) is 0. The average Bonchev–Trinajstić information content (AvgIpc) is 2.16. The van der Waals surface area contributed by atoms with E-state index in [0.717, 1.165) is 5.92 Å². The standard InChI is InChI=1S/C12H18/c1-6-11-7-2-3-8(7)12(6)10-5-4-9(10)11/h6-12H,2-5H2,1H3. The molecule has 4 aliphatic rings. The maximum atomic E-state index is 2.56. The Bertz CT molecular complexity index is 188. The fourth-order valence-electron chi connectivity index (χ4n) is 5.47. The normalized spacial score (nSPS) is 71.2. The van der Waals surface area contributed by atoms with Gasteiger partial charge in [0.2, 0.25) is 0 Å². The molecule has 0 nitrogen and oxygen atoms in total. The van der Waals surface area contributed by atoms with Gasteiger partial charge in [-0.15, -0.1) is 0 Å². The second-order valence-electron chi connectivity index (χ2n) is 5.82. The monoisotopic (exact) mass is 162 g/mol. The van der Waals surface area contributed by atoms with E-state index in [2.05, 4.69) is 6.92 Å². The third kappa shape index (κ3) is 0.459. The molecule has 0 N–H and O–H groups in total. The SMILES string of the molecule is CC1C2C3CCC3C1C1CCC12. The Balaban J connectivity index is 1.79. The number of hydrogen-bond acceptors (Lipinski definition) is 0. The largest absolute Gasteiger partial charge is 0.0619 e. The van der Waals surface area contributed by atoms with Crippen molar-refractivity contribution in [3.05, 3.63) is 0 Å². The van der Waals surface area contributed by atoms with Crippen LogP contribution in [0.25, 0.3) is 0 Å². The third-order valence-electron chi connectivity index (χ3n) is 5.96. The molecular weight excluding hydrogens is 144 g/mol. The minimum Gasteiger partial charge on any atom is -0.0619 e. The summed E-state index contributed by atoms with van der Waals surface area (Å²) in [5.74, 6) is 8.39. The molecule has 4 aliphatic carbocycles. The van der Waals surface area contributed by atoms with E-state index in [0.29, 0.717) is 0 Å². The summed E-state index contributed by atoms with van der Waals surface area (Å²) in [6.45, 7) is 2.56. The van der Waals surface area contributed by atoms with Crippen LogP contribution < -0.4 is 0 Å². The van der Waals surface area contributed by atoms with Gasteiger partial charge < -0.3 is 0 Å². The summed E-state index contributed by atoms with van der Waals surface area (Å²) in [6.07, 6.45) is 6.39. The first-order valence-electron chi connectivity index (χ1n) is 5.88. The van der Waals surface area contributed by atoms with Crippen molar-refractivity contribution < 1.29 is 0 Å². The van der Waals surface area contributed by atoms with Crippen LogP contribution >= 0.6 is 0 Å². The van der Waals surface area contributed by atoms with Gasteiger partial charge in [-0.05, 0) is 67.1 Å². The lowest BCUT2D eigenvalue weighted by Crippen LogP contribution is -2.44. The van der Waals surface area contributed by atoms with E-state index in [-0.39, 0.29) is 0 Å². The van der Waals surface area contributed by atoms with Crippen molar-refractivity contribution in [1.82, 2.24) is 0 Å². The lowest BCUT2D eigenvalue weighted by Gasteiger charge is -2.52. The smallest absolute Gasteiger partial charge is 0.0323 e. The van der Waals surface area contributed by atoms with Crippen LogP contribution in [0.15, 0.2) is 0 Å². The first-order chi connectivity index (χ1) is 5.88. The fourth-order valence-corrected chi connectivity index (χ4v) is 5.47. The molecule has 0 aromatic carbocycles. The molecule has 0 aliphatic heterocycles. The quantitative estimate of drug-likeness (QED) is 0.514. The highest BCUT2D eigenvalue weighted by molar-refractivity contribution is 5.14. The van der Waals surface area contributed by atoms with Crippen LogP contribution in [0.5, 0.6) is 0 Å². The zero-order chi connectivity index (χ0) is 7.87. The minimum absolute atomic E-state index is 1.12. The summed E-state index contributed by atoms with van der Waals surface area (Å²) in [5.41, 5.74) is 0. The van der Waals surface area contributed by atoms with Gasteiger partial charge in [-0.2, -0.15) is 0 Å². The van der Waals surface area contributed by atoms with Crippen molar-refractivity contribution in [1.29, 1.82) is 0 Å². The summed E-state index contributed by atoms with van der Waals surface area (Å²) >= 11 is 0. The van der Waals surface area contributed by atoms with Crippen LogP contribution in [0, 0.1) is 41.4 Å². The Morgan fingerprint density at radius 2 is 1.00 bits per heavy atom. The van der Waals surface area contributed by atoms with Gasteiger partial charge in [-0.1, -0.05) is 6.92 Å².